The maximum absolute atomic E-state index is 11.6. The zero-order chi connectivity index (χ0) is 11.8. The Labute approximate surface area is 95.7 Å². The molecule has 1 rings (SSSR count). The van der Waals surface area contributed by atoms with Crippen LogP contribution in [0.2, 0.25) is 0 Å². The molecule has 84 valence electrons. The number of unbranched alkanes of at least 4 members (excludes halogenated alkanes) is 1. The number of hydrogen-bond donors (Lipinski definition) is 0. The Morgan fingerprint density at radius 1 is 1.38 bits per heavy atom. The smallest absolute Gasteiger partial charge is 0.188 e. The molecule has 0 bridgehead atoms. The van der Waals surface area contributed by atoms with Crippen LogP contribution in [0.25, 0.3) is 0 Å². The first-order valence-corrected chi connectivity index (χ1v) is 5.39. The lowest BCUT2D eigenvalue weighted by molar-refractivity contribution is 0.0754. The molecule has 0 heterocycles. The minimum Gasteiger partial charge on any atom is -0.373 e. The predicted molar refractivity (Wildman–Crippen MR) is 61.2 cm³/mol. The highest BCUT2D eigenvalue weighted by Gasteiger charge is 2.05. The van der Waals surface area contributed by atoms with Crippen LogP contribution in [0, 0.1) is 11.3 Å². The van der Waals surface area contributed by atoms with Crippen molar-refractivity contribution < 1.29 is 9.53 Å². The lowest BCUT2D eigenvalue weighted by atomic mass is 10.1. The van der Waals surface area contributed by atoms with E-state index >= 15 is 0 Å². The Bertz CT molecular complexity index is 376. The highest BCUT2D eigenvalue weighted by atomic mass is 16.5. The number of carbonyl (C=O) groups is 1. The number of hydrogen-bond acceptors (Lipinski definition) is 3. The standard InChI is InChI=1S/C13H15NO2/c1-2-3-8-16-10-13(15)12-6-4-11(9-14)5-7-12/h4-7H,2-3,8,10H2,1H3. The zero-order valence-electron chi connectivity index (χ0n) is 9.40. The molecule has 3 nitrogen and oxygen atoms in total. The summed E-state index contributed by atoms with van der Waals surface area (Å²) in [6, 6.07) is 8.60. The topological polar surface area (TPSA) is 50.1 Å². The molecule has 1 aromatic carbocycles. The Balaban J connectivity index is 2.44. The van der Waals surface area contributed by atoms with Crippen molar-refractivity contribution in [3.63, 3.8) is 0 Å². The van der Waals surface area contributed by atoms with Crippen molar-refractivity contribution in [2.45, 2.75) is 19.8 Å². The largest absolute Gasteiger partial charge is 0.373 e. The van der Waals surface area contributed by atoms with E-state index in [0.29, 0.717) is 17.7 Å². The quantitative estimate of drug-likeness (QED) is 0.543. The van der Waals surface area contributed by atoms with E-state index in [9.17, 15) is 4.79 Å². The summed E-state index contributed by atoms with van der Waals surface area (Å²) in [6.07, 6.45) is 2.03. The molecule has 0 radical (unpaired) electrons. The van der Waals surface area contributed by atoms with Crippen molar-refractivity contribution in [3.8, 4) is 6.07 Å². The van der Waals surface area contributed by atoms with E-state index in [-0.39, 0.29) is 12.4 Å². The van der Waals surface area contributed by atoms with Gasteiger partial charge in [0.1, 0.15) is 6.61 Å². The van der Waals surface area contributed by atoms with E-state index in [4.69, 9.17) is 10.00 Å². The van der Waals surface area contributed by atoms with Crippen LogP contribution < -0.4 is 0 Å². The second kappa shape index (κ2) is 6.76. The molecule has 0 saturated heterocycles. The van der Waals surface area contributed by atoms with Gasteiger partial charge in [-0.1, -0.05) is 25.5 Å². The third kappa shape index (κ3) is 3.84. The van der Waals surface area contributed by atoms with E-state index in [2.05, 4.69) is 6.92 Å². The second-order valence-electron chi connectivity index (χ2n) is 3.52. The van der Waals surface area contributed by atoms with Gasteiger partial charge >= 0.3 is 0 Å². The predicted octanol–water partition coefficient (Wildman–Crippen LogP) is 2.56. The first-order chi connectivity index (χ1) is 7.77. The fraction of sp³-hybridized carbons (Fsp3) is 0.385. The molecular formula is C13H15NO2. The first kappa shape index (κ1) is 12.4. The first-order valence-electron chi connectivity index (χ1n) is 5.39. The molecule has 0 spiro atoms. The number of rotatable bonds is 6. The Kier molecular flexibility index (Phi) is 5.24. The van der Waals surface area contributed by atoms with Crippen LogP contribution in [0.4, 0.5) is 0 Å². The van der Waals surface area contributed by atoms with Crippen LogP contribution in [0.15, 0.2) is 24.3 Å². The van der Waals surface area contributed by atoms with Crippen LogP contribution in [-0.2, 0) is 4.74 Å². The SMILES string of the molecule is CCCCOCC(=O)c1ccc(C#N)cc1. The van der Waals surface area contributed by atoms with Gasteiger partial charge in [0, 0.05) is 12.2 Å². The highest BCUT2D eigenvalue weighted by molar-refractivity contribution is 5.97. The van der Waals surface area contributed by atoms with Gasteiger partial charge in [0.2, 0.25) is 0 Å². The summed E-state index contributed by atoms with van der Waals surface area (Å²) in [4.78, 5) is 11.6. The maximum Gasteiger partial charge on any atom is 0.188 e. The van der Waals surface area contributed by atoms with Crippen molar-refractivity contribution >= 4 is 5.78 Å². The number of ether oxygens (including phenoxy) is 1. The van der Waals surface area contributed by atoms with Gasteiger partial charge in [-0.25, -0.2) is 0 Å². The third-order valence-electron chi connectivity index (χ3n) is 2.21. The van der Waals surface area contributed by atoms with Crippen molar-refractivity contribution in [2.24, 2.45) is 0 Å². The monoisotopic (exact) mass is 217 g/mol. The maximum atomic E-state index is 11.6. The Hall–Kier alpha value is -1.66. The molecular weight excluding hydrogens is 202 g/mol. The summed E-state index contributed by atoms with van der Waals surface area (Å²) in [6.45, 7) is 2.82. The van der Waals surface area contributed by atoms with Gasteiger partial charge in [-0.15, -0.1) is 0 Å². The fourth-order valence-electron chi connectivity index (χ4n) is 1.23. The average Bonchev–Trinajstić information content (AvgIpc) is 2.34. The average molecular weight is 217 g/mol. The van der Waals surface area contributed by atoms with Crippen LogP contribution >= 0.6 is 0 Å². The van der Waals surface area contributed by atoms with E-state index in [1.807, 2.05) is 6.07 Å². The van der Waals surface area contributed by atoms with E-state index in [1.54, 1.807) is 24.3 Å². The number of carbonyl (C=O) groups excluding carboxylic acids is 1. The number of ketones is 1. The highest BCUT2D eigenvalue weighted by Crippen LogP contribution is 2.04. The summed E-state index contributed by atoms with van der Waals surface area (Å²) >= 11 is 0. The molecule has 0 N–H and O–H groups in total. The molecule has 0 aliphatic carbocycles. The molecule has 0 atom stereocenters. The normalized spacial score (nSPS) is 9.75. The Morgan fingerprint density at radius 3 is 2.62 bits per heavy atom. The molecule has 0 aliphatic rings. The minimum atomic E-state index is -0.0411. The van der Waals surface area contributed by atoms with Gasteiger partial charge in [-0.2, -0.15) is 5.26 Å². The summed E-state index contributed by atoms with van der Waals surface area (Å²) in [5.74, 6) is -0.0411. The molecule has 3 heteroatoms. The lowest BCUT2D eigenvalue weighted by Crippen LogP contribution is -2.09. The molecule has 16 heavy (non-hydrogen) atoms. The number of Topliss-reactive ketones (excluding diaryl/α,β-unsaturated/α-hetero) is 1. The van der Waals surface area contributed by atoms with E-state index < -0.39 is 0 Å². The number of nitriles is 1. The van der Waals surface area contributed by atoms with Crippen molar-refractivity contribution in [3.05, 3.63) is 35.4 Å². The van der Waals surface area contributed by atoms with Crippen LogP contribution in [0.3, 0.4) is 0 Å². The number of nitrogens with zero attached hydrogens (tertiary/aromatic N) is 1. The summed E-state index contributed by atoms with van der Waals surface area (Å²) in [5.41, 5.74) is 1.15. The Morgan fingerprint density at radius 2 is 2.06 bits per heavy atom. The van der Waals surface area contributed by atoms with E-state index in [1.165, 1.54) is 0 Å². The van der Waals surface area contributed by atoms with Gasteiger partial charge in [0.05, 0.1) is 11.6 Å². The van der Waals surface area contributed by atoms with Crippen LogP contribution in [0.1, 0.15) is 35.7 Å². The van der Waals surface area contributed by atoms with E-state index in [0.717, 1.165) is 12.8 Å². The van der Waals surface area contributed by atoms with Gasteiger partial charge < -0.3 is 4.74 Å². The number of benzene rings is 1. The summed E-state index contributed by atoms with van der Waals surface area (Å²) in [7, 11) is 0. The second-order valence-corrected chi connectivity index (χ2v) is 3.52. The molecule has 0 aliphatic heterocycles. The van der Waals surface area contributed by atoms with Gasteiger partial charge in [-0.3, -0.25) is 4.79 Å². The van der Waals surface area contributed by atoms with Gasteiger partial charge in [0.25, 0.3) is 0 Å². The third-order valence-corrected chi connectivity index (χ3v) is 2.21. The minimum absolute atomic E-state index is 0.0411. The molecule has 0 fully saturated rings. The molecule has 0 unspecified atom stereocenters. The van der Waals surface area contributed by atoms with Crippen molar-refractivity contribution in [1.29, 1.82) is 5.26 Å². The molecule has 0 saturated carbocycles. The zero-order valence-corrected chi connectivity index (χ0v) is 9.40. The van der Waals surface area contributed by atoms with Crippen molar-refractivity contribution in [2.75, 3.05) is 13.2 Å². The van der Waals surface area contributed by atoms with Gasteiger partial charge in [-0.05, 0) is 18.6 Å². The van der Waals surface area contributed by atoms with Crippen LogP contribution in [-0.4, -0.2) is 19.0 Å². The molecule has 0 amide bonds. The molecule has 0 aromatic heterocycles. The van der Waals surface area contributed by atoms with Crippen molar-refractivity contribution in [1.82, 2.24) is 0 Å². The van der Waals surface area contributed by atoms with Crippen LogP contribution in [0.5, 0.6) is 0 Å². The fourth-order valence-corrected chi connectivity index (χ4v) is 1.23. The lowest BCUT2D eigenvalue weighted by Gasteiger charge is -2.02. The summed E-state index contributed by atoms with van der Waals surface area (Å²) in [5, 5.41) is 8.61. The van der Waals surface area contributed by atoms with Gasteiger partial charge in [0.15, 0.2) is 5.78 Å². The molecule has 1 aromatic rings. The summed E-state index contributed by atoms with van der Waals surface area (Å²) < 4.78 is 5.23.